The normalized spacial score (nSPS) is 35.2. The maximum Gasteiger partial charge on any atom is 0.586 e. The summed E-state index contributed by atoms with van der Waals surface area (Å²) >= 11 is 0. The van der Waals surface area contributed by atoms with Gasteiger partial charge >= 0.3 is 6.29 Å². The van der Waals surface area contributed by atoms with Gasteiger partial charge in [0.15, 0.2) is 11.5 Å². The van der Waals surface area contributed by atoms with Gasteiger partial charge in [0.2, 0.25) is 0 Å². The van der Waals surface area contributed by atoms with Crippen LogP contribution in [0.5, 0.6) is 11.5 Å². The van der Waals surface area contributed by atoms with E-state index in [0.717, 1.165) is 25.2 Å². The molecule has 0 atom stereocenters. The van der Waals surface area contributed by atoms with Crippen molar-refractivity contribution in [1.29, 1.82) is 0 Å². The van der Waals surface area contributed by atoms with E-state index in [-0.39, 0.29) is 34.2 Å². The number of fused-ring (bicyclic) bond motifs is 1. The van der Waals surface area contributed by atoms with Crippen molar-refractivity contribution < 1.29 is 23.0 Å². The Morgan fingerprint density at radius 1 is 1.17 bits per heavy atom. The maximum atomic E-state index is 13.1. The van der Waals surface area contributed by atoms with E-state index in [9.17, 15) is 13.6 Å². The van der Waals surface area contributed by atoms with Gasteiger partial charge < -0.3 is 20.5 Å². The number of benzene rings is 1. The fraction of sp³-hybridized carbons (Fsp3) is 0.562. The molecule has 4 fully saturated rings. The van der Waals surface area contributed by atoms with Crippen LogP contribution >= 0.6 is 0 Å². The Bertz CT molecular complexity index is 725. The van der Waals surface area contributed by atoms with Gasteiger partial charge in [-0.25, -0.2) is 0 Å². The van der Waals surface area contributed by atoms with Crippen molar-refractivity contribution in [2.75, 3.05) is 5.73 Å². The Kier molecular flexibility index (Phi) is 2.16. The summed E-state index contributed by atoms with van der Waals surface area (Å²) in [4.78, 5) is 12.5. The zero-order valence-electron chi connectivity index (χ0n) is 12.3. The summed E-state index contributed by atoms with van der Waals surface area (Å²) in [7, 11) is 0. The lowest BCUT2D eigenvalue weighted by atomic mass is 9.37. The highest BCUT2D eigenvalue weighted by Crippen LogP contribution is 2.75. The number of nitrogen functional groups attached to an aromatic ring is 1. The van der Waals surface area contributed by atoms with E-state index in [1.54, 1.807) is 0 Å². The largest absolute Gasteiger partial charge is 0.586 e. The number of rotatable bonds is 3. The van der Waals surface area contributed by atoms with E-state index >= 15 is 0 Å². The van der Waals surface area contributed by atoms with Crippen LogP contribution in [0, 0.1) is 11.3 Å². The molecule has 1 heterocycles. The Balaban J connectivity index is 1.34. The third kappa shape index (κ3) is 1.79. The molecule has 1 aromatic rings. The van der Waals surface area contributed by atoms with E-state index in [0.29, 0.717) is 5.41 Å². The van der Waals surface area contributed by atoms with Gasteiger partial charge in [-0.2, -0.15) is 0 Å². The van der Waals surface area contributed by atoms with Gasteiger partial charge in [-0.1, -0.05) is 0 Å². The lowest BCUT2D eigenvalue weighted by molar-refractivity contribution is -0.286. The zero-order valence-corrected chi connectivity index (χ0v) is 12.3. The minimum Gasteiger partial charge on any atom is -0.398 e. The Morgan fingerprint density at radius 3 is 2.39 bits per heavy atom. The molecular weight excluding hydrogens is 306 g/mol. The van der Waals surface area contributed by atoms with Crippen molar-refractivity contribution in [2.24, 2.45) is 11.3 Å². The van der Waals surface area contributed by atoms with Gasteiger partial charge in [0.05, 0.1) is 5.56 Å². The van der Waals surface area contributed by atoms with Gasteiger partial charge in [0.1, 0.15) is 0 Å². The first-order valence-electron chi connectivity index (χ1n) is 7.82. The van der Waals surface area contributed by atoms with Gasteiger partial charge in [-0.15, -0.1) is 8.78 Å². The molecule has 1 aromatic carbocycles. The topological polar surface area (TPSA) is 73.6 Å². The Morgan fingerprint density at radius 2 is 1.78 bits per heavy atom. The van der Waals surface area contributed by atoms with Gasteiger partial charge in [-0.3, -0.25) is 4.79 Å². The number of carbonyl (C=O) groups is 1. The number of amides is 1. The number of halogens is 2. The highest BCUT2D eigenvalue weighted by Gasteiger charge is 2.72. The summed E-state index contributed by atoms with van der Waals surface area (Å²) in [6.07, 6.45) is 1.99. The molecule has 0 unspecified atom stereocenters. The van der Waals surface area contributed by atoms with Crippen LogP contribution in [0.4, 0.5) is 14.5 Å². The van der Waals surface area contributed by atoms with E-state index in [1.807, 2.05) is 0 Å². The van der Waals surface area contributed by atoms with Gasteiger partial charge in [-0.05, 0) is 49.5 Å². The fourth-order valence-corrected chi connectivity index (χ4v) is 4.64. The first-order chi connectivity index (χ1) is 10.8. The predicted molar refractivity (Wildman–Crippen MR) is 76.3 cm³/mol. The van der Waals surface area contributed by atoms with Crippen molar-refractivity contribution in [3.05, 3.63) is 17.7 Å². The number of hydrogen-bond donors (Lipinski definition) is 2. The van der Waals surface area contributed by atoms with Gasteiger partial charge in [0.25, 0.3) is 5.91 Å². The highest BCUT2D eigenvalue weighted by molar-refractivity contribution is 6.00. The molecule has 4 saturated carbocycles. The predicted octanol–water partition coefficient (Wildman–Crippen LogP) is 2.65. The van der Waals surface area contributed by atoms with Crippen LogP contribution < -0.4 is 20.5 Å². The lowest BCUT2D eigenvalue weighted by Gasteiger charge is -2.71. The standard InChI is InChI=1S/C16H16F2N2O3/c17-16(18)22-11-3-9(10(19)4-12(11)23-16)13(21)20-15-5-14(6-15,7-15)8-1-2-8/h3-4,8H,1-2,5-7,19H2,(H,20,21). The second kappa shape index (κ2) is 3.71. The molecule has 5 aliphatic rings. The Hall–Kier alpha value is -2.05. The minimum absolute atomic E-state index is 0.103. The number of anilines is 1. The average molecular weight is 322 g/mol. The fourth-order valence-electron chi connectivity index (χ4n) is 4.64. The van der Waals surface area contributed by atoms with Crippen LogP contribution in [-0.2, 0) is 0 Å². The van der Waals surface area contributed by atoms with Crippen molar-refractivity contribution in [3.63, 3.8) is 0 Å². The summed E-state index contributed by atoms with van der Waals surface area (Å²) in [6.45, 7) is 0. The number of carbonyl (C=O) groups excluding carboxylic acids is 1. The summed E-state index contributed by atoms with van der Waals surface area (Å²) in [5.74, 6) is 0.191. The molecule has 0 saturated heterocycles. The summed E-state index contributed by atoms with van der Waals surface area (Å²) in [5, 5.41) is 3.03. The number of nitrogens with two attached hydrogens (primary N) is 1. The van der Waals surface area contributed by atoms with Crippen LogP contribution in [0.1, 0.15) is 42.5 Å². The molecular formula is C16H16F2N2O3. The average Bonchev–Trinajstić information content (AvgIpc) is 3.14. The summed E-state index contributed by atoms with van der Waals surface area (Å²) in [5.41, 5.74) is 6.42. The first kappa shape index (κ1) is 13.4. The van der Waals surface area contributed by atoms with E-state index < -0.39 is 6.29 Å². The molecule has 3 N–H and O–H groups in total. The molecule has 1 amide bonds. The number of alkyl halides is 2. The van der Waals surface area contributed by atoms with Crippen molar-refractivity contribution in [1.82, 2.24) is 5.32 Å². The summed E-state index contributed by atoms with van der Waals surface area (Å²) in [6, 6.07) is 2.43. The molecule has 122 valence electrons. The Labute approximate surface area is 131 Å². The van der Waals surface area contributed by atoms with Crippen molar-refractivity contribution in [2.45, 2.75) is 43.9 Å². The number of nitrogens with one attached hydrogen (secondary N) is 1. The SMILES string of the molecule is Nc1cc2c(cc1C(=O)NC13CC(C4CC4)(C1)C3)OC(F)(F)O2. The van der Waals surface area contributed by atoms with Crippen LogP contribution in [0.3, 0.4) is 0 Å². The molecule has 0 spiro atoms. The van der Waals surface area contributed by atoms with E-state index in [2.05, 4.69) is 14.8 Å². The molecule has 2 bridgehead atoms. The lowest BCUT2D eigenvalue weighted by Crippen LogP contribution is -2.75. The van der Waals surface area contributed by atoms with Crippen LogP contribution in [0.25, 0.3) is 0 Å². The van der Waals surface area contributed by atoms with Gasteiger partial charge in [0, 0.05) is 17.3 Å². The molecule has 5 nitrogen and oxygen atoms in total. The second-order valence-corrected chi connectivity index (χ2v) is 7.46. The maximum absolute atomic E-state index is 13.1. The number of ether oxygens (including phenoxy) is 2. The van der Waals surface area contributed by atoms with E-state index in [4.69, 9.17) is 5.73 Å². The quantitative estimate of drug-likeness (QED) is 0.839. The second-order valence-electron chi connectivity index (χ2n) is 7.46. The minimum atomic E-state index is -3.71. The molecule has 0 radical (unpaired) electrons. The third-order valence-electron chi connectivity index (χ3n) is 5.71. The summed E-state index contributed by atoms with van der Waals surface area (Å²) < 4.78 is 34.9. The number of hydrogen-bond acceptors (Lipinski definition) is 4. The van der Waals surface area contributed by atoms with Crippen LogP contribution in [0.15, 0.2) is 12.1 Å². The molecule has 4 aliphatic carbocycles. The van der Waals surface area contributed by atoms with E-state index in [1.165, 1.54) is 25.0 Å². The van der Waals surface area contributed by atoms with Crippen LogP contribution in [0.2, 0.25) is 0 Å². The smallest absolute Gasteiger partial charge is 0.398 e. The molecule has 7 heteroatoms. The highest BCUT2D eigenvalue weighted by atomic mass is 19.3. The van der Waals surface area contributed by atoms with Crippen molar-refractivity contribution >= 4 is 11.6 Å². The zero-order chi connectivity index (χ0) is 16.0. The first-order valence-corrected chi connectivity index (χ1v) is 7.82. The molecule has 0 aromatic heterocycles. The monoisotopic (exact) mass is 322 g/mol. The van der Waals surface area contributed by atoms with Crippen LogP contribution in [-0.4, -0.2) is 17.7 Å². The van der Waals surface area contributed by atoms with Crippen molar-refractivity contribution in [3.8, 4) is 11.5 Å². The molecule has 1 aliphatic heterocycles. The third-order valence-corrected chi connectivity index (χ3v) is 5.71. The molecule has 23 heavy (non-hydrogen) atoms. The molecule has 6 rings (SSSR count).